The number of aliphatic hydroxyl groups is 1. The molecule has 3 aromatic rings. The molecule has 3 aromatic carbocycles. The first-order chi connectivity index (χ1) is 20.6. The van der Waals surface area contributed by atoms with Crippen LogP contribution in [0.3, 0.4) is 0 Å². The zero-order chi connectivity index (χ0) is 32.5. The van der Waals surface area contributed by atoms with E-state index in [4.69, 9.17) is 9.47 Å². The van der Waals surface area contributed by atoms with Gasteiger partial charge in [-0.1, -0.05) is 24.3 Å². The van der Waals surface area contributed by atoms with Crippen molar-refractivity contribution in [2.45, 2.75) is 72.5 Å². The normalized spacial score (nSPS) is 21.6. The van der Waals surface area contributed by atoms with Gasteiger partial charge in [-0.3, -0.25) is 14.4 Å². The van der Waals surface area contributed by atoms with Crippen molar-refractivity contribution in [1.82, 2.24) is 0 Å². The number of ketones is 1. The number of hydrogen-bond acceptors (Lipinski definition) is 6. The van der Waals surface area contributed by atoms with E-state index in [0.717, 1.165) is 22.3 Å². The SMILES string of the molecule is COc1cc(C2C(C(=O)Nc3cc(C)ccc3C)C(=O)CC(C)(O)C2C(=O)Nc2cc(C)ccc2C)cc(Br)c1OC(C)C. The van der Waals surface area contributed by atoms with Gasteiger partial charge in [0.05, 0.1) is 29.2 Å². The Morgan fingerprint density at radius 3 is 2.00 bits per heavy atom. The zero-order valence-corrected chi connectivity index (χ0v) is 28.1. The van der Waals surface area contributed by atoms with Gasteiger partial charge in [0.25, 0.3) is 0 Å². The summed E-state index contributed by atoms with van der Waals surface area (Å²) in [5.41, 5.74) is 3.46. The number of carbonyl (C=O) groups excluding carboxylic acids is 3. The number of benzene rings is 3. The highest BCUT2D eigenvalue weighted by molar-refractivity contribution is 9.10. The second kappa shape index (κ2) is 13.1. The lowest BCUT2D eigenvalue weighted by molar-refractivity contribution is -0.150. The van der Waals surface area contributed by atoms with Crippen LogP contribution < -0.4 is 20.1 Å². The first-order valence-electron chi connectivity index (χ1n) is 14.7. The minimum Gasteiger partial charge on any atom is -0.493 e. The van der Waals surface area contributed by atoms with Crippen molar-refractivity contribution in [3.05, 3.63) is 80.8 Å². The molecule has 8 nitrogen and oxygen atoms in total. The maximum Gasteiger partial charge on any atom is 0.235 e. The Kier molecular flexibility index (Phi) is 9.90. The zero-order valence-electron chi connectivity index (χ0n) is 26.5. The molecule has 0 heterocycles. The van der Waals surface area contributed by atoms with Crippen molar-refractivity contribution in [3.63, 3.8) is 0 Å². The lowest BCUT2D eigenvalue weighted by Crippen LogP contribution is -2.56. The van der Waals surface area contributed by atoms with E-state index in [2.05, 4.69) is 26.6 Å². The number of hydrogen-bond donors (Lipinski definition) is 3. The quantitative estimate of drug-likeness (QED) is 0.228. The Balaban J connectivity index is 1.89. The summed E-state index contributed by atoms with van der Waals surface area (Å²) in [6.45, 7) is 12.8. The lowest BCUT2D eigenvalue weighted by atomic mass is 9.61. The molecular weight excluding hydrogens is 624 g/mol. The summed E-state index contributed by atoms with van der Waals surface area (Å²) in [4.78, 5) is 42.2. The van der Waals surface area contributed by atoms with Crippen LogP contribution in [-0.2, 0) is 14.4 Å². The van der Waals surface area contributed by atoms with Gasteiger partial charge < -0.3 is 25.2 Å². The molecule has 4 unspecified atom stereocenters. The number of ether oxygens (including phenoxy) is 2. The Hall–Kier alpha value is -3.69. The van der Waals surface area contributed by atoms with Gasteiger partial charge in [0.2, 0.25) is 11.8 Å². The van der Waals surface area contributed by atoms with E-state index in [1.165, 1.54) is 14.0 Å². The van der Waals surface area contributed by atoms with Gasteiger partial charge in [-0.2, -0.15) is 0 Å². The molecule has 9 heteroatoms. The van der Waals surface area contributed by atoms with Gasteiger partial charge in [-0.05, 0) is 116 Å². The van der Waals surface area contributed by atoms with Crippen molar-refractivity contribution in [2.75, 3.05) is 17.7 Å². The minimum absolute atomic E-state index is 0.157. The second-order valence-electron chi connectivity index (χ2n) is 12.3. The molecule has 0 radical (unpaired) electrons. The van der Waals surface area contributed by atoms with Gasteiger partial charge in [0.15, 0.2) is 11.5 Å². The largest absolute Gasteiger partial charge is 0.493 e. The number of Topliss-reactive ketones (excluding diaryl/α,β-unsaturated/α-hetero) is 1. The van der Waals surface area contributed by atoms with Gasteiger partial charge in [0, 0.05) is 23.7 Å². The third kappa shape index (κ3) is 7.00. The van der Waals surface area contributed by atoms with Gasteiger partial charge in [-0.25, -0.2) is 0 Å². The maximum atomic E-state index is 14.2. The van der Waals surface area contributed by atoms with Crippen molar-refractivity contribution in [1.29, 1.82) is 0 Å². The van der Waals surface area contributed by atoms with Crippen LogP contribution in [-0.4, -0.2) is 41.5 Å². The van der Waals surface area contributed by atoms with Crippen LogP contribution in [0.15, 0.2) is 53.0 Å². The van der Waals surface area contributed by atoms with Crippen molar-refractivity contribution in [3.8, 4) is 11.5 Å². The fourth-order valence-corrected chi connectivity index (χ4v) is 6.49. The van der Waals surface area contributed by atoms with Crippen LogP contribution in [0.1, 0.15) is 60.9 Å². The Bertz CT molecular complexity index is 1600. The molecule has 4 rings (SSSR count). The molecule has 2 amide bonds. The van der Waals surface area contributed by atoms with E-state index in [-0.39, 0.29) is 12.5 Å². The Morgan fingerprint density at radius 1 is 0.932 bits per heavy atom. The first kappa shape index (κ1) is 33.2. The number of halogens is 1. The average Bonchev–Trinajstić information content (AvgIpc) is 2.92. The van der Waals surface area contributed by atoms with Crippen LogP contribution in [0.5, 0.6) is 11.5 Å². The number of aryl methyl sites for hydroxylation is 4. The number of anilines is 2. The smallest absolute Gasteiger partial charge is 0.235 e. The molecule has 0 spiro atoms. The monoisotopic (exact) mass is 664 g/mol. The number of nitrogens with one attached hydrogen (secondary N) is 2. The fraction of sp³-hybridized carbons (Fsp3) is 0.400. The minimum atomic E-state index is -1.76. The number of carbonyl (C=O) groups is 3. The molecule has 1 aliphatic rings. The van der Waals surface area contributed by atoms with Crippen LogP contribution in [0.25, 0.3) is 0 Å². The molecule has 0 bridgehead atoms. The van der Waals surface area contributed by atoms with E-state index in [9.17, 15) is 19.5 Å². The molecular formula is C35H41BrN2O6. The predicted molar refractivity (Wildman–Crippen MR) is 176 cm³/mol. The highest BCUT2D eigenvalue weighted by atomic mass is 79.9. The van der Waals surface area contributed by atoms with Crippen molar-refractivity contribution >= 4 is 44.9 Å². The molecule has 0 aromatic heterocycles. The van der Waals surface area contributed by atoms with E-state index in [1.54, 1.807) is 12.1 Å². The number of rotatable bonds is 8. The van der Waals surface area contributed by atoms with Crippen LogP contribution >= 0.6 is 15.9 Å². The standard InChI is InChI=1S/C35H41BrN2O6/c1-18(2)44-32-24(36)15-23(16-28(32)43-8)29-30(33(40)37-25-13-19(3)9-11-21(25)5)27(39)17-35(7,42)31(29)34(41)38-26-14-20(4)10-12-22(26)6/h9-16,18,29-31,42H,17H2,1-8H3,(H,37,40)(H,38,41). The first-order valence-corrected chi connectivity index (χ1v) is 15.5. The number of amides is 2. The van der Waals surface area contributed by atoms with E-state index < -0.39 is 41.0 Å². The van der Waals surface area contributed by atoms with E-state index in [1.807, 2.05) is 77.9 Å². The van der Waals surface area contributed by atoms with Gasteiger partial charge in [-0.15, -0.1) is 0 Å². The average molecular weight is 666 g/mol. The maximum absolute atomic E-state index is 14.2. The fourth-order valence-electron chi connectivity index (χ4n) is 5.94. The van der Waals surface area contributed by atoms with Gasteiger partial charge in [0.1, 0.15) is 11.7 Å². The predicted octanol–water partition coefficient (Wildman–Crippen LogP) is 6.80. The van der Waals surface area contributed by atoms with Crippen LogP contribution in [0.2, 0.25) is 0 Å². The van der Waals surface area contributed by atoms with E-state index in [0.29, 0.717) is 32.9 Å². The van der Waals surface area contributed by atoms with Gasteiger partial charge >= 0.3 is 0 Å². The summed E-state index contributed by atoms with van der Waals surface area (Å²) >= 11 is 3.58. The third-order valence-electron chi connectivity index (χ3n) is 8.12. The van der Waals surface area contributed by atoms with Crippen molar-refractivity contribution < 1.29 is 29.0 Å². The molecule has 0 aliphatic heterocycles. The summed E-state index contributed by atoms with van der Waals surface area (Å²) in [6, 6.07) is 14.8. The molecule has 3 N–H and O–H groups in total. The summed E-state index contributed by atoms with van der Waals surface area (Å²) < 4.78 is 12.2. The Labute approximate surface area is 267 Å². The molecule has 44 heavy (non-hydrogen) atoms. The highest BCUT2D eigenvalue weighted by Gasteiger charge is 2.56. The number of methoxy groups -OCH3 is 1. The summed E-state index contributed by atoms with van der Waals surface area (Å²) in [7, 11) is 1.50. The molecule has 234 valence electrons. The van der Waals surface area contributed by atoms with Crippen LogP contribution in [0, 0.1) is 39.5 Å². The summed E-state index contributed by atoms with van der Waals surface area (Å²) in [6.07, 6.45) is -0.526. The summed E-state index contributed by atoms with van der Waals surface area (Å²) in [5.74, 6) is -4.19. The lowest BCUT2D eigenvalue weighted by Gasteiger charge is -2.44. The second-order valence-corrected chi connectivity index (χ2v) is 13.2. The van der Waals surface area contributed by atoms with E-state index >= 15 is 0 Å². The molecule has 0 saturated heterocycles. The molecule has 1 aliphatic carbocycles. The molecule has 1 fully saturated rings. The highest BCUT2D eigenvalue weighted by Crippen LogP contribution is 2.49. The molecule has 1 saturated carbocycles. The molecule has 4 atom stereocenters. The summed E-state index contributed by atoms with van der Waals surface area (Å²) in [5, 5.41) is 17.7. The van der Waals surface area contributed by atoms with Crippen molar-refractivity contribution in [2.24, 2.45) is 11.8 Å². The topological polar surface area (TPSA) is 114 Å². The third-order valence-corrected chi connectivity index (χ3v) is 8.71. The Morgan fingerprint density at radius 2 is 1.48 bits per heavy atom. The van der Waals surface area contributed by atoms with Crippen LogP contribution in [0.4, 0.5) is 11.4 Å².